The predicted molar refractivity (Wildman–Crippen MR) is 168 cm³/mol. The third kappa shape index (κ3) is 7.81. The molecule has 0 saturated carbocycles. The van der Waals surface area contributed by atoms with Crippen molar-refractivity contribution in [3.63, 3.8) is 0 Å². The lowest BCUT2D eigenvalue weighted by Crippen LogP contribution is -2.47. The van der Waals surface area contributed by atoms with Crippen molar-refractivity contribution in [3.05, 3.63) is 87.4 Å². The maximum Gasteiger partial charge on any atom is 0.251 e. The van der Waals surface area contributed by atoms with Gasteiger partial charge in [-0.05, 0) is 92.8 Å². The van der Waals surface area contributed by atoms with Crippen LogP contribution in [0.4, 0.5) is 5.69 Å². The Balaban J connectivity index is 1.22. The van der Waals surface area contributed by atoms with Crippen LogP contribution in [0.25, 0.3) is 11.1 Å². The van der Waals surface area contributed by atoms with E-state index in [-0.39, 0.29) is 5.91 Å². The van der Waals surface area contributed by atoms with Crippen molar-refractivity contribution in [2.24, 2.45) is 0 Å². The van der Waals surface area contributed by atoms with Crippen LogP contribution in [0, 0.1) is 11.3 Å². The number of para-hydroxylation sites is 1. The Hall–Kier alpha value is -3.08. The molecule has 0 radical (unpaired) electrons. The molecule has 6 nitrogen and oxygen atoms in total. The molecule has 2 saturated heterocycles. The van der Waals surface area contributed by atoms with Crippen molar-refractivity contribution in [1.29, 1.82) is 5.26 Å². The van der Waals surface area contributed by atoms with E-state index in [9.17, 15) is 10.1 Å². The van der Waals surface area contributed by atoms with Crippen molar-refractivity contribution in [2.75, 3.05) is 63.8 Å². The Morgan fingerprint density at radius 2 is 1.61 bits per heavy atom. The molecule has 3 aromatic rings. The van der Waals surface area contributed by atoms with Crippen molar-refractivity contribution in [3.8, 4) is 17.2 Å². The normalized spacial score (nSPS) is 16.1. The highest BCUT2D eigenvalue weighted by molar-refractivity contribution is 6.42. The second-order valence-corrected chi connectivity index (χ2v) is 11.7. The van der Waals surface area contributed by atoms with E-state index in [1.54, 1.807) is 6.07 Å². The molecule has 2 aliphatic heterocycles. The molecule has 0 atom stereocenters. The van der Waals surface area contributed by atoms with Crippen LogP contribution in [-0.2, 0) is 6.42 Å². The maximum atomic E-state index is 13.1. The highest BCUT2D eigenvalue weighted by Crippen LogP contribution is 2.33. The monoisotopic (exact) mass is 589 g/mol. The van der Waals surface area contributed by atoms with E-state index in [0.29, 0.717) is 27.7 Å². The van der Waals surface area contributed by atoms with E-state index in [0.717, 1.165) is 82.0 Å². The van der Waals surface area contributed by atoms with E-state index in [2.05, 4.69) is 44.3 Å². The molecule has 3 aromatic carbocycles. The van der Waals surface area contributed by atoms with Crippen molar-refractivity contribution < 1.29 is 4.79 Å². The Bertz CT molecular complexity index is 1390. The molecule has 1 N–H and O–H groups in total. The quantitative estimate of drug-likeness (QED) is 0.289. The number of nitrogens with zero attached hydrogens (tertiary/aromatic N) is 4. The average Bonchev–Trinajstić information content (AvgIpc) is 3.53. The summed E-state index contributed by atoms with van der Waals surface area (Å²) in [5.74, 6) is -0.127. The zero-order chi connectivity index (χ0) is 28.6. The molecule has 2 fully saturated rings. The summed E-state index contributed by atoms with van der Waals surface area (Å²) in [5, 5.41) is 14.0. The van der Waals surface area contributed by atoms with Gasteiger partial charge in [-0.2, -0.15) is 5.26 Å². The van der Waals surface area contributed by atoms with Gasteiger partial charge in [0.1, 0.15) is 0 Å². The Kier molecular flexibility index (Phi) is 10.2. The third-order valence-corrected chi connectivity index (χ3v) is 8.83. The minimum atomic E-state index is -0.127. The van der Waals surface area contributed by atoms with Crippen LogP contribution < -0.4 is 10.2 Å². The van der Waals surface area contributed by atoms with Gasteiger partial charge in [0, 0.05) is 56.1 Å². The molecule has 1 amide bonds. The second kappa shape index (κ2) is 14.2. The Morgan fingerprint density at radius 1 is 0.854 bits per heavy atom. The largest absolute Gasteiger partial charge is 0.368 e. The average molecular weight is 591 g/mol. The summed E-state index contributed by atoms with van der Waals surface area (Å²) in [6.07, 6.45) is 4.40. The lowest BCUT2D eigenvalue weighted by atomic mass is 9.97. The van der Waals surface area contributed by atoms with Gasteiger partial charge in [0.05, 0.1) is 21.7 Å². The number of halogens is 2. The Morgan fingerprint density at radius 3 is 2.37 bits per heavy atom. The number of benzene rings is 3. The SMILES string of the molecule is N#Cc1cc(C(=O)NCCCN2CCCC2)cc(-c2ccccc2N2CCN(CCc3ccc(Cl)c(Cl)c3)CC2)c1. The van der Waals surface area contributed by atoms with Gasteiger partial charge in [0.2, 0.25) is 0 Å². The van der Waals surface area contributed by atoms with Gasteiger partial charge >= 0.3 is 0 Å². The number of carbonyl (C=O) groups excluding carboxylic acids is 1. The van der Waals surface area contributed by atoms with Crippen LogP contribution >= 0.6 is 23.2 Å². The molecule has 2 aliphatic rings. The fourth-order valence-electron chi connectivity index (χ4n) is 5.78. The standard InChI is InChI=1S/C33H37Cl2N5O/c34-30-9-8-25(22-31(30)35)10-15-39-16-18-40(19-17-39)32-7-2-1-6-29(32)27-20-26(24-36)21-28(23-27)33(41)37-11-5-14-38-12-3-4-13-38/h1-2,6-9,20-23H,3-5,10-19H2,(H,37,41). The summed E-state index contributed by atoms with van der Waals surface area (Å²) < 4.78 is 0. The van der Waals surface area contributed by atoms with Crippen molar-refractivity contribution in [2.45, 2.75) is 25.7 Å². The maximum absolute atomic E-state index is 13.1. The Labute approximate surface area is 253 Å². The van der Waals surface area contributed by atoms with Crippen LogP contribution in [0.5, 0.6) is 0 Å². The smallest absolute Gasteiger partial charge is 0.251 e. The lowest BCUT2D eigenvalue weighted by Gasteiger charge is -2.37. The first-order valence-electron chi connectivity index (χ1n) is 14.6. The fourth-order valence-corrected chi connectivity index (χ4v) is 6.10. The van der Waals surface area contributed by atoms with E-state index in [4.69, 9.17) is 23.2 Å². The summed E-state index contributed by atoms with van der Waals surface area (Å²) in [5.41, 5.74) is 5.27. The number of rotatable bonds is 10. The molecule has 0 unspecified atom stereocenters. The van der Waals surface area contributed by atoms with Crippen molar-refractivity contribution in [1.82, 2.24) is 15.1 Å². The topological polar surface area (TPSA) is 62.6 Å². The number of anilines is 1. The molecule has 2 heterocycles. The number of nitriles is 1. The van der Waals surface area contributed by atoms with Crippen LogP contribution in [0.2, 0.25) is 10.0 Å². The first kappa shape index (κ1) is 29.4. The van der Waals surface area contributed by atoms with Crippen LogP contribution in [0.1, 0.15) is 40.7 Å². The third-order valence-electron chi connectivity index (χ3n) is 8.09. The number of hydrogen-bond acceptors (Lipinski definition) is 5. The molecular formula is C33H37Cl2N5O. The second-order valence-electron chi connectivity index (χ2n) is 10.9. The fraction of sp³-hybridized carbons (Fsp3) is 0.394. The zero-order valence-electron chi connectivity index (χ0n) is 23.4. The zero-order valence-corrected chi connectivity index (χ0v) is 24.9. The lowest BCUT2D eigenvalue weighted by molar-refractivity contribution is 0.0952. The van der Waals surface area contributed by atoms with Gasteiger partial charge < -0.3 is 15.1 Å². The highest BCUT2D eigenvalue weighted by Gasteiger charge is 2.21. The summed E-state index contributed by atoms with van der Waals surface area (Å²) in [7, 11) is 0. The molecular weight excluding hydrogens is 553 g/mol. The number of hydrogen-bond donors (Lipinski definition) is 1. The molecule has 0 aliphatic carbocycles. The molecule has 214 valence electrons. The minimum Gasteiger partial charge on any atom is -0.368 e. The first-order valence-corrected chi connectivity index (χ1v) is 15.3. The van der Waals surface area contributed by atoms with Crippen LogP contribution in [0.15, 0.2) is 60.7 Å². The minimum absolute atomic E-state index is 0.127. The number of nitrogens with one attached hydrogen (secondary N) is 1. The van der Waals surface area contributed by atoms with Crippen LogP contribution in [-0.4, -0.2) is 74.6 Å². The van der Waals surface area contributed by atoms with Gasteiger partial charge in [-0.1, -0.05) is 47.5 Å². The molecule has 5 rings (SSSR count). The van der Waals surface area contributed by atoms with Crippen molar-refractivity contribution >= 4 is 34.8 Å². The highest BCUT2D eigenvalue weighted by atomic mass is 35.5. The van der Waals surface area contributed by atoms with Crippen LogP contribution in [0.3, 0.4) is 0 Å². The van der Waals surface area contributed by atoms with Gasteiger partial charge in [-0.15, -0.1) is 0 Å². The summed E-state index contributed by atoms with van der Waals surface area (Å²) in [6, 6.07) is 21.9. The van der Waals surface area contributed by atoms with E-state index in [1.165, 1.54) is 18.4 Å². The molecule has 0 spiro atoms. The number of carbonyl (C=O) groups is 1. The van der Waals surface area contributed by atoms with E-state index in [1.807, 2.05) is 36.4 Å². The van der Waals surface area contributed by atoms with Gasteiger partial charge in [-0.3, -0.25) is 9.69 Å². The summed E-state index contributed by atoms with van der Waals surface area (Å²) in [4.78, 5) is 20.4. The molecule has 41 heavy (non-hydrogen) atoms. The van der Waals surface area contributed by atoms with E-state index >= 15 is 0 Å². The molecule has 0 bridgehead atoms. The first-order chi connectivity index (χ1) is 20.0. The van der Waals surface area contributed by atoms with E-state index < -0.39 is 0 Å². The van der Waals surface area contributed by atoms with Gasteiger partial charge in [0.25, 0.3) is 5.91 Å². The molecule has 0 aromatic heterocycles. The number of likely N-dealkylation sites (tertiary alicyclic amines) is 1. The molecule has 8 heteroatoms. The van der Waals surface area contributed by atoms with Gasteiger partial charge in [-0.25, -0.2) is 0 Å². The summed E-state index contributed by atoms with van der Waals surface area (Å²) in [6.45, 7) is 8.66. The number of amides is 1. The predicted octanol–water partition coefficient (Wildman–Crippen LogP) is 6.11. The number of piperazine rings is 1. The van der Waals surface area contributed by atoms with Gasteiger partial charge in [0.15, 0.2) is 0 Å². The summed E-state index contributed by atoms with van der Waals surface area (Å²) >= 11 is 12.3.